The Morgan fingerprint density at radius 1 is 1.27 bits per heavy atom. The summed E-state index contributed by atoms with van der Waals surface area (Å²) in [4.78, 5) is 36.6. The Hall–Kier alpha value is -2.60. The van der Waals surface area contributed by atoms with E-state index in [9.17, 15) is 32.5 Å². The molecule has 2 N–H and O–H groups in total. The number of benzene rings is 1. The van der Waals surface area contributed by atoms with Crippen LogP contribution in [0.2, 0.25) is 0 Å². The summed E-state index contributed by atoms with van der Waals surface area (Å²) in [6.07, 6.45) is -0.508. The number of amides is 2. The molecule has 138 valence electrons. The van der Waals surface area contributed by atoms with E-state index in [0.717, 1.165) is 0 Å². The van der Waals surface area contributed by atoms with Crippen molar-refractivity contribution in [2.24, 2.45) is 5.11 Å². The van der Waals surface area contributed by atoms with Crippen molar-refractivity contribution in [3.8, 4) is 0 Å². The van der Waals surface area contributed by atoms with Crippen LogP contribution in [0.5, 0.6) is 0 Å². The van der Waals surface area contributed by atoms with Crippen molar-refractivity contribution in [1.82, 2.24) is 4.90 Å². The number of carbonyl (C=O) groups is 3. The van der Waals surface area contributed by atoms with Gasteiger partial charge in [-0.05, 0) is 17.7 Å². The minimum absolute atomic E-state index is 0.181. The van der Waals surface area contributed by atoms with E-state index in [1.165, 1.54) is 24.3 Å². The van der Waals surface area contributed by atoms with E-state index in [-0.39, 0.29) is 23.4 Å². The van der Waals surface area contributed by atoms with Gasteiger partial charge in [-0.15, -0.1) is 0 Å². The van der Waals surface area contributed by atoms with Gasteiger partial charge in [0.2, 0.25) is 16.7 Å². The smallest absolute Gasteiger partial charge is 0.342 e. The van der Waals surface area contributed by atoms with Crippen LogP contribution in [0.3, 0.4) is 0 Å². The molecule has 1 saturated heterocycles. The van der Waals surface area contributed by atoms with Crippen molar-refractivity contribution in [3.63, 3.8) is 0 Å². The quantitative estimate of drug-likeness (QED) is 0.173. The first-order valence-corrected chi connectivity index (χ1v) is 9.40. The SMILES string of the molecule is [N-]=[N+]=Nc1ccc(SC(CS(=O)(=O)O)(C(=O)O)N2C(=O)CCC2=O)cc1. The number of imide groups is 1. The minimum Gasteiger partial charge on any atom is -0.479 e. The van der Waals surface area contributed by atoms with Crippen molar-refractivity contribution in [1.29, 1.82) is 0 Å². The topological polar surface area (TPSA) is 178 Å². The van der Waals surface area contributed by atoms with Crippen molar-refractivity contribution in [2.75, 3.05) is 5.75 Å². The van der Waals surface area contributed by atoms with Crippen molar-refractivity contribution < 1.29 is 32.5 Å². The molecule has 1 fully saturated rings. The van der Waals surface area contributed by atoms with E-state index in [0.29, 0.717) is 16.7 Å². The molecule has 2 amide bonds. The second-order valence-electron chi connectivity index (χ2n) is 5.22. The molecule has 1 unspecified atom stereocenters. The van der Waals surface area contributed by atoms with Gasteiger partial charge < -0.3 is 5.11 Å². The molecule has 2 rings (SSSR count). The number of hydrogen-bond donors (Lipinski definition) is 2. The van der Waals surface area contributed by atoms with Gasteiger partial charge in [-0.25, -0.2) is 4.79 Å². The second kappa shape index (κ2) is 7.33. The summed E-state index contributed by atoms with van der Waals surface area (Å²) in [6.45, 7) is 0. The van der Waals surface area contributed by atoms with Gasteiger partial charge in [0.05, 0.1) is 0 Å². The summed E-state index contributed by atoms with van der Waals surface area (Å²) in [7, 11) is -4.86. The Kier molecular flexibility index (Phi) is 5.56. The first kappa shape index (κ1) is 19.7. The molecule has 1 aliphatic rings. The van der Waals surface area contributed by atoms with Crippen LogP contribution in [-0.2, 0) is 24.5 Å². The van der Waals surface area contributed by atoms with Crippen molar-refractivity contribution in [2.45, 2.75) is 22.6 Å². The lowest BCUT2D eigenvalue weighted by molar-refractivity contribution is -0.155. The Morgan fingerprint density at radius 2 is 1.81 bits per heavy atom. The van der Waals surface area contributed by atoms with Gasteiger partial charge in [-0.2, -0.15) is 8.42 Å². The number of likely N-dealkylation sites (tertiary alicyclic amines) is 1. The third-order valence-corrected chi connectivity index (χ3v) is 5.72. The van der Waals surface area contributed by atoms with Crippen LogP contribution in [0.4, 0.5) is 5.69 Å². The number of thioether (sulfide) groups is 1. The predicted molar refractivity (Wildman–Crippen MR) is 89.0 cm³/mol. The second-order valence-corrected chi connectivity index (χ2v) is 8.03. The van der Waals surface area contributed by atoms with E-state index >= 15 is 0 Å². The summed E-state index contributed by atoms with van der Waals surface area (Å²) < 4.78 is 32.1. The summed E-state index contributed by atoms with van der Waals surface area (Å²) in [5.41, 5.74) is 8.60. The average Bonchev–Trinajstić information content (AvgIpc) is 2.86. The van der Waals surface area contributed by atoms with Gasteiger partial charge in [-0.1, -0.05) is 29.0 Å². The molecule has 0 aromatic heterocycles. The fourth-order valence-corrected chi connectivity index (χ4v) is 4.87. The molecule has 0 aliphatic carbocycles. The number of aliphatic carboxylic acids is 1. The molecule has 0 bridgehead atoms. The molecule has 0 radical (unpaired) electrons. The van der Waals surface area contributed by atoms with Crippen molar-refractivity contribution in [3.05, 3.63) is 34.7 Å². The highest BCUT2D eigenvalue weighted by Crippen LogP contribution is 2.40. The van der Waals surface area contributed by atoms with Crippen molar-refractivity contribution >= 4 is 45.4 Å². The largest absolute Gasteiger partial charge is 0.479 e. The number of carbonyl (C=O) groups excluding carboxylic acids is 2. The standard InChI is InChI=1S/C13H12N4O7S2/c14-16-15-8-1-3-9(4-2-8)25-13(12(20)21,7-26(22,23)24)17-10(18)5-6-11(17)19/h1-4H,5-7H2,(H,20,21)(H,22,23,24). The van der Waals surface area contributed by atoms with Crippen LogP contribution in [0.25, 0.3) is 10.4 Å². The molecule has 13 heteroatoms. The first-order valence-electron chi connectivity index (χ1n) is 6.98. The van der Waals surface area contributed by atoms with E-state index in [1.54, 1.807) is 0 Å². The van der Waals surface area contributed by atoms with Gasteiger partial charge in [0.25, 0.3) is 10.1 Å². The normalized spacial score (nSPS) is 16.9. The molecule has 1 heterocycles. The molecule has 0 spiro atoms. The minimum atomic E-state index is -4.86. The van der Waals surface area contributed by atoms with E-state index in [4.69, 9.17) is 5.53 Å². The van der Waals surface area contributed by atoms with Crippen LogP contribution in [0.1, 0.15) is 12.8 Å². The first-order chi connectivity index (χ1) is 12.1. The maximum Gasteiger partial charge on any atom is 0.342 e. The van der Waals surface area contributed by atoms with Gasteiger partial charge in [0, 0.05) is 28.3 Å². The highest BCUT2D eigenvalue weighted by atomic mass is 32.2. The summed E-state index contributed by atoms with van der Waals surface area (Å²) in [5, 5.41) is 13.0. The van der Waals surface area contributed by atoms with E-state index < -0.39 is 38.5 Å². The van der Waals surface area contributed by atoms with Crippen LogP contribution < -0.4 is 0 Å². The molecule has 1 aromatic carbocycles. The third-order valence-electron chi connectivity index (χ3n) is 3.41. The van der Waals surface area contributed by atoms with Gasteiger partial charge in [0.1, 0.15) is 5.75 Å². The molecule has 0 saturated carbocycles. The zero-order valence-corrected chi connectivity index (χ0v) is 14.6. The molecule has 1 atom stereocenters. The lowest BCUT2D eigenvalue weighted by Crippen LogP contribution is -2.58. The summed E-state index contributed by atoms with van der Waals surface area (Å²) in [5.74, 6) is -4.85. The predicted octanol–water partition coefficient (Wildman–Crippen LogP) is 1.54. The van der Waals surface area contributed by atoms with Gasteiger partial charge >= 0.3 is 5.97 Å². The highest BCUT2D eigenvalue weighted by molar-refractivity contribution is 8.02. The molecular formula is C13H12N4O7S2. The fraction of sp³-hybridized carbons (Fsp3) is 0.308. The number of azide groups is 1. The van der Waals surface area contributed by atoms with Crippen LogP contribution in [0, 0.1) is 0 Å². The van der Waals surface area contributed by atoms with Crippen LogP contribution in [0.15, 0.2) is 34.3 Å². The maximum absolute atomic E-state index is 12.0. The number of carboxylic acids is 1. The summed E-state index contributed by atoms with van der Waals surface area (Å²) >= 11 is 0.413. The van der Waals surface area contributed by atoms with E-state index in [2.05, 4.69) is 10.0 Å². The fourth-order valence-electron chi connectivity index (χ4n) is 2.39. The number of nitrogens with zero attached hydrogens (tertiary/aromatic N) is 4. The number of carboxylic acid groups (broad SMARTS) is 1. The number of hydrogen-bond acceptors (Lipinski definition) is 7. The summed E-state index contributed by atoms with van der Waals surface area (Å²) in [6, 6.07) is 5.36. The molecule has 11 nitrogen and oxygen atoms in total. The van der Waals surface area contributed by atoms with Gasteiger partial charge in [-0.3, -0.25) is 19.0 Å². The lowest BCUT2D eigenvalue weighted by Gasteiger charge is -2.35. The molecule has 26 heavy (non-hydrogen) atoms. The van der Waals surface area contributed by atoms with E-state index in [1.807, 2.05) is 0 Å². The zero-order valence-electron chi connectivity index (χ0n) is 13.0. The molecule has 1 aliphatic heterocycles. The van der Waals surface area contributed by atoms with Gasteiger partial charge in [0.15, 0.2) is 0 Å². The number of rotatable bonds is 7. The highest BCUT2D eigenvalue weighted by Gasteiger charge is 2.55. The van der Waals surface area contributed by atoms with Crippen LogP contribution >= 0.6 is 11.8 Å². The average molecular weight is 400 g/mol. The zero-order chi connectivity index (χ0) is 19.5. The maximum atomic E-state index is 12.0. The Bertz CT molecular complexity index is 893. The lowest BCUT2D eigenvalue weighted by atomic mass is 10.3. The Labute approximate surface area is 151 Å². The monoisotopic (exact) mass is 400 g/mol. The molecular weight excluding hydrogens is 388 g/mol. The molecule has 1 aromatic rings. The van der Waals surface area contributed by atoms with Crippen LogP contribution in [-0.4, -0.2) is 51.4 Å². The Morgan fingerprint density at radius 3 is 2.23 bits per heavy atom. The Balaban J connectivity index is 2.54. The third kappa shape index (κ3) is 4.14.